The Morgan fingerprint density at radius 1 is 1.19 bits per heavy atom. The number of nitrogens with zero attached hydrogens (tertiary/aromatic N) is 2. The number of hydrogen-bond acceptors (Lipinski definition) is 5. The van der Waals surface area contributed by atoms with E-state index in [2.05, 4.69) is 16.0 Å². The number of pyridine rings is 1. The van der Waals surface area contributed by atoms with Crippen LogP contribution >= 0.6 is 23.7 Å². The molecule has 3 aromatic rings. The Kier molecular flexibility index (Phi) is 4.56. The minimum Gasteiger partial charge on any atom is -0.507 e. The van der Waals surface area contributed by atoms with Crippen molar-refractivity contribution in [3.8, 4) is 11.5 Å². The van der Waals surface area contributed by atoms with Crippen molar-refractivity contribution in [3.63, 3.8) is 0 Å². The maximum atomic E-state index is 10.1. The van der Waals surface area contributed by atoms with Gasteiger partial charge in [-0.2, -0.15) is 0 Å². The molecule has 112 valence electrons. The number of thiophene rings is 1. The van der Waals surface area contributed by atoms with E-state index in [1.807, 2.05) is 20.2 Å². The number of benzene rings is 1. The van der Waals surface area contributed by atoms with Crippen molar-refractivity contribution < 1.29 is 9.84 Å². The van der Waals surface area contributed by atoms with Crippen molar-refractivity contribution in [2.45, 2.75) is 6.54 Å². The standard InChI is InChI=1S/C15H16N2O2S.ClH/c1-17(2)8-10-6-12-11-4-9(19-3)5-14(18)13(11)7-16-15(12)20-10;/h4-7,18H,8H2,1-3H3;1H. The number of ether oxygens (including phenoxy) is 1. The van der Waals surface area contributed by atoms with E-state index in [0.717, 1.165) is 27.5 Å². The lowest BCUT2D eigenvalue weighted by atomic mass is 10.1. The highest BCUT2D eigenvalue weighted by molar-refractivity contribution is 7.18. The molecule has 2 heterocycles. The molecule has 0 aliphatic carbocycles. The Bertz CT molecular complexity index is 786. The van der Waals surface area contributed by atoms with Crippen molar-refractivity contribution in [2.75, 3.05) is 21.2 Å². The Labute approximate surface area is 133 Å². The number of halogens is 1. The molecule has 6 heteroatoms. The van der Waals surface area contributed by atoms with Crippen LogP contribution in [-0.2, 0) is 6.54 Å². The number of rotatable bonds is 3. The molecule has 0 fully saturated rings. The van der Waals surface area contributed by atoms with Crippen LogP contribution in [0, 0.1) is 0 Å². The van der Waals surface area contributed by atoms with E-state index in [-0.39, 0.29) is 18.2 Å². The molecule has 0 saturated carbocycles. The van der Waals surface area contributed by atoms with E-state index in [1.54, 1.807) is 30.7 Å². The predicted molar refractivity (Wildman–Crippen MR) is 90.0 cm³/mol. The molecule has 0 bridgehead atoms. The lowest BCUT2D eigenvalue weighted by Crippen LogP contribution is -2.09. The highest BCUT2D eigenvalue weighted by Gasteiger charge is 2.11. The van der Waals surface area contributed by atoms with Crippen molar-refractivity contribution in [1.29, 1.82) is 0 Å². The van der Waals surface area contributed by atoms with Crippen LogP contribution < -0.4 is 4.74 Å². The molecule has 0 atom stereocenters. The molecule has 1 aromatic carbocycles. The van der Waals surface area contributed by atoms with Crippen LogP contribution in [0.1, 0.15) is 4.88 Å². The fourth-order valence-electron chi connectivity index (χ4n) is 2.32. The molecule has 0 aliphatic heterocycles. The van der Waals surface area contributed by atoms with Gasteiger partial charge in [0.05, 0.1) is 7.11 Å². The molecule has 2 aromatic heterocycles. The Hall–Kier alpha value is -1.56. The summed E-state index contributed by atoms with van der Waals surface area (Å²) in [6, 6.07) is 5.71. The SMILES string of the molecule is COc1cc(O)c2cnc3sc(CN(C)C)cc3c2c1.Cl. The van der Waals surface area contributed by atoms with Crippen LogP contribution in [0.3, 0.4) is 0 Å². The van der Waals surface area contributed by atoms with Gasteiger partial charge in [-0.3, -0.25) is 0 Å². The Morgan fingerprint density at radius 2 is 1.95 bits per heavy atom. The molecule has 21 heavy (non-hydrogen) atoms. The van der Waals surface area contributed by atoms with Gasteiger partial charge in [-0.15, -0.1) is 23.7 Å². The van der Waals surface area contributed by atoms with Gasteiger partial charge < -0.3 is 14.7 Å². The molecular formula is C15H17ClN2O2S. The normalized spacial score (nSPS) is 11.0. The van der Waals surface area contributed by atoms with Crippen LogP contribution in [0.15, 0.2) is 24.4 Å². The molecule has 1 N–H and O–H groups in total. The fourth-order valence-corrected chi connectivity index (χ4v) is 3.45. The highest BCUT2D eigenvalue weighted by Crippen LogP contribution is 2.36. The third-order valence-electron chi connectivity index (χ3n) is 3.20. The Morgan fingerprint density at radius 3 is 2.62 bits per heavy atom. The van der Waals surface area contributed by atoms with Gasteiger partial charge in [0.15, 0.2) is 0 Å². The van der Waals surface area contributed by atoms with Crippen molar-refractivity contribution >= 4 is 44.7 Å². The predicted octanol–water partition coefficient (Wildman–Crippen LogP) is 3.65. The van der Waals surface area contributed by atoms with Crippen LogP contribution in [0.4, 0.5) is 0 Å². The molecule has 0 saturated heterocycles. The maximum Gasteiger partial charge on any atom is 0.128 e. The van der Waals surface area contributed by atoms with Gasteiger partial charge >= 0.3 is 0 Å². The zero-order chi connectivity index (χ0) is 14.3. The smallest absolute Gasteiger partial charge is 0.128 e. The maximum absolute atomic E-state index is 10.1. The summed E-state index contributed by atoms with van der Waals surface area (Å²) >= 11 is 1.68. The average Bonchev–Trinajstić information content (AvgIpc) is 2.80. The minimum atomic E-state index is 0. The first-order chi connectivity index (χ1) is 9.58. The first-order valence-electron chi connectivity index (χ1n) is 6.31. The van der Waals surface area contributed by atoms with E-state index in [1.165, 1.54) is 4.88 Å². The molecule has 3 rings (SSSR count). The lowest BCUT2D eigenvalue weighted by Gasteiger charge is -2.06. The zero-order valence-corrected chi connectivity index (χ0v) is 13.7. The summed E-state index contributed by atoms with van der Waals surface area (Å²) in [5.41, 5.74) is 0. The first-order valence-corrected chi connectivity index (χ1v) is 7.13. The number of methoxy groups -OCH3 is 1. The molecule has 0 radical (unpaired) electrons. The molecule has 0 aliphatic rings. The van der Waals surface area contributed by atoms with Gasteiger partial charge in [0.1, 0.15) is 16.3 Å². The second-order valence-corrected chi connectivity index (χ2v) is 6.15. The number of aromatic hydroxyl groups is 1. The summed E-state index contributed by atoms with van der Waals surface area (Å²) in [6.45, 7) is 0.887. The topological polar surface area (TPSA) is 45.6 Å². The minimum absolute atomic E-state index is 0. The highest BCUT2D eigenvalue weighted by atomic mass is 35.5. The molecule has 4 nitrogen and oxygen atoms in total. The number of phenolic OH excluding ortho intramolecular Hbond substituents is 1. The van der Waals surface area contributed by atoms with Gasteiger partial charge in [-0.25, -0.2) is 4.98 Å². The second-order valence-electron chi connectivity index (χ2n) is 5.04. The quantitative estimate of drug-likeness (QED) is 0.799. The summed E-state index contributed by atoms with van der Waals surface area (Å²) < 4.78 is 5.24. The number of phenols is 1. The lowest BCUT2D eigenvalue weighted by molar-refractivity contribution is 0.406. The molecule has 0 unspecified atom stereocenters. The van der Waals surface area contributed by atoms with E-state index >= 15 is 0 Å². The largest absolute Gasteiger partial charge is 0.507 e. The van der Waals surface area contributed by atoms with Crippen molar-refractivity contribution in [2.24, 2.45) is 0 Å². The number of aromatic nitrogens is 1. The third kappa shape index (κ3) is 2.90. The second kappa shape index (κ2) is 6.05. The van der Waals surface area contributed by atoms with Crippen molar-refractivity contribution in [3.05, 3.63) is 29.3 Å². The van der Waals surface area contributed by atoms with Gasteiger partial charge in [0, 0.05) is 39.8 Å². The zero-order valence-electron chi connectivity index (χ0n) is 12.1. The average molecular weight is 325 g/mol. The van der Waals surface area contributed by atoms with E-state index in [9.17, 15) is 5.11 Å². The summed E-state index contributed by atoms with van der Waals surface area (Å²) in [6.07, 6.45) is 1.72. The van der Waals surface area contributed by atoms with Gasteiger partial charge in [0.25, 0.3) is 0 Å². The molecular weight excluding hydrogens is 308 g/mol. The number of fused-ring (bicyclic) bond motifs is 3. The fraction of sp³-hybridized carbons (Fsp3) is 0.267. The van der Waals surface area contributed by atoms with E-state index < -0.39 is 0 Å². The first kappa shape index (κ1) is 15.8. The third-order valence-corrected chi connectivity index (χ3v) is 4.23. The van der Waals surface area contributed by atoms with Crippen LogP contribution in [0.5, 0.6) is 11.5 Å². The van der Waals surface area contributed by atoms with Crippen LogP contribution in [-0.4, -0.2) is 36.2 Å². The van der Waals surface area contributed by atoms with Crippen molar-refractivity contribution in [1.82, 2.24) is 9.88 Å². The summed E-state index contributed by atoms with van der Waals surface area (Å²) in [7, 11) is 5.69. The molecule has 0 amide bonds. The van der Waals surface area contributed by atoms with Gasteiger partial charge in [-0.1, -0.05) is 0 Å². The monoisotopic (exact) mass is 324 g/mol. The van der Waals surface area contributed by atoms with Crippen LogP contribution in [0.25, 0.3) is 21.0 Å². The molecule has 0 spiro atoms. The Balaban J connectivity index is 0.00000161. The van der Waals surface area contributed by atoms with Crippen LogP contribution in [0.2, 0.25) is 0 Å². The summed E-state index contributed by atoms with van der Waals surface area (Å²) in [5.74, 6) is 0.858. The summed E-state index contributed by atoms with van der Waals surface area (Å²) in [4.78, 5) is 8.83. The number of hydrogen-bond donors (Lipinski definition) is 1. The van der Waals surface area contributed by atoms with Gasteiger partial charge in [-0.05, 0) is 26.2 Å². The summed E-state index contributed by atoms with van der Waals surface area (Å²) in [5, 5.41) is 12.9. The van der Waals surface area contributed by atoms with E-state index in [4.69, 9.17) is 4.74 Å². The van der Waals surface area contributed by atoms with E-state index in [0.29, 0.717) is 5.75 Å². The van der Waals surface area contributed by atoms with Gasteiger partial charge in [0.2, 0.25) is 0 Å².